The molecule has 1 aliphatic rings. The number of nitriles is 1. The van der Waals surface area contributed by atoms with Crippen LogP contribution >= 0.6 is 22.7 Å². The Kier molecular flexibility index (Phi) is 3.11. The Morgan fingerprint density at radius 1 is 1.06 bits per heavy atom. The van der Waals surface area contributed by atoms with Crippen molar-refractivity contribution in [3.05, 3.63) is 27.5 Å². The Morgan fingerprint density at radius 3 is 2.61 bits per heavy atom. The van der Waals surface area contributed by atoms with Crippen LogP contribution in [0.3, 0.4) is 0 Å². The molecule has 4 heteroatoms. The molecule has 0 aromatic carbocycles. The van der Waals surface area contributed by atoms with Crippen LogP contribution in [-0.4, -0.2) is 0 Å². The maximum absolute atomic E-state index is 8.96. The molecule has 0 bridgehead atoms. The molecule has 2 heterocycles. The van der Waals surface area contributed by atoms with Crippen LogP contribution in [0.25, 0.3) is 9.75 Å². The van der Waals surface area contributed by atoms with Gasteiger partial charge in [-0.15, -0.1) is 22.7 Å². The van der Waals surface area contributed by atoms with E-state index in [1.165, 1.54) is 58.8 Å². The van der Waals surface area contributed by atoms with Gasteiger partial charge in [0.2, 0.25) is 0 Å². The van der Waals surface area contributed by atoms with Gasteiger partial charge in [0, 0.05) is 14.6 Å². The summed E-state index contributed by atoms with van der Waals surface area (Å²) >= 11 is 3.39. The average molecular weight is 274 g/mol. The first-order valence-electron chi connectivity index (χ1n) is 6.19. The van der Waals surface area contributed by atoms with E-state index in [4.69, 9.17) is 11.0 Å². The van der Waals surface area contributed by atoms with Gasteiger partial charge < -0.3 is 5.73 Å². The Morgan fingerprint density at radius 2 is 1.83 bits per heavy atom. The van der Waals surface area contributed by atoms with Gasteiger partial charge in [-0.25, -0.2) is 0 Å². The van der Waals surface area contributed by atoms with Crippen molar-refractivity contribution in [3.8, 4) is 15.8 Å². The van der Waals surface area contributed by atoms with Crippen LogP contribution < -0.4 is 5.73 Å². The standard InChI is InChI=1S/C14H14N2S2/c15-8-14-10(16)7-13(18-14)12-6-9-4-2-1-3-5-11(9)17-12/h6-7H,1-5,16H2. The van der Waals surface area contributed by atoms with E-state index in [2.05, 4.69) is 12.1 Å². The molecular formula is C14H14N2S2. The predicted octanol–water partition coefficient (Wildman–Crippen LogP) is 4.20. The molecule has 0 radical (unpaired) electrons. The molecule has 92 valence electrons. The summed E-state index contributed by atoms with van der Waals surface area (Å²) in [6.45, 7) is 0. The Balaban J connectivity index is 1.99. The highest BCUT2D eigenvalue weighted by Crippen LogP contribution is 2.40. The zero-order valence-electron chi connectivity index (χ0n) is 10.0. The lowest BCUT2D eigenvalue weighted by Gasteiger charge is -1.92. The first-order chi connectivity index (χ1) is 8.78. The van der Waals surface area contributed by atoms with Gasteiger partial charge in [0.05, 0.1) is 5.69 Å². The minimum Gasteiger partial charge on any atom is -0.397 e. The maximum atomic E-state index is 8.96. The van der Waals surface area contributed by atoms with E-state index >= 15 is 0 Å². The molecule has 0 aliphatic heterocycles. The van der Waals surface area contributed by atoms with E-state index in [1.54, 1.807) is 0 Å². The van der Waals surface area contributed by atoms with Crippen LogP contribution in [0.5, 0.6) is 0 Å². The molecule has 2 N–H and O–H groups in total. The second-order valence-electron chi connectivity index (χ2n) is 4.63. The zero-order chi connectivity index (χ0) is 12.5. The Hall–Kier alpha value is -1.31. The van der Waals surface area contributed by atoms with Crippen LogP contribution in [0, 0.1) is 11.3 Å². The third-order valence-corrected chi connectivity index (χ3v) is 5.84. The fourth-order valence-corrected chi connectivity index (χ4v) is 4.61. The number of nitrogens with zero attached hydrogens (tertiary/aromatic N) is 1. The molecule has 0 saturated carbocycles. The van der Waals surface area contributed by atoms with Crippen molar-refractivity contribution in [2.24, 2.45) is 0 Å². The van der Waals surface area contributed by atoms with Crippen LogP contribution in [-0.2, 0) is 12.8 Å². The summed E-state index contributed by atoms with van der Waals surface area (Å²) in [5, 5.41) is 8.96. The zero-order valence-corrected chi connectivity index (χ0v) is 11.7. The molecule has 0 fully saturated rings. The number of anilines is 1. The van der Waals surface area contributed by atoms with Gasteiger partial charge in [0.1, 0.15) is 10.9 Å². The number of fused-ring (bicyclic) bond motifs is 1. The molecule has 2 aromatic heterocycles. The van der Waals surface area contributed by atoms with E-state index < -0.39 is 0 Å². The normalized spacial score (nSPS) is 14.8. The number of hydrogen-bond donors (Lipinski definition) is 1. The largest absolute Gasteiger partial charge is 0.397 e. The van der Waals surface area contributed by atoms with Gasteiger partial charge >= 0.3 is 0 Å². The summed E-state index contributed by atoms with van der Waals surface area (Å²) in [5.74, 6) is 0. The van der Waals surface area contributed by atoms with Crippen molar-refractivity contribution in [1.82, 2.24) is 0 Å². The topological polar surface area (TPSA) is 49.8 Å². The fraction of sp³-hybridized carbons (Fsp3) is 0.357. The van der Waals surface area contributed by atoms with Crippen LogP contribution in [0.2, 0.25) is 0 Å². The predicted molar refractivity (Wildman–Crippen MR) is 78.0 cm³/mol. The molecule has 0 unspecified atom stereocenters. The highest BCUT2D eigenvalue weighted by Gasteiger charge is 2.15. The molecule has 2 aromatic rings. The van der Waals surface area contributed by atoms with Gasteiger partial charge in [-0.1, -0.05) is 6.42 Å². The lowest BCUT2D eigenvalue weighted by molar-refractivity contribution is 0.713. The van der Waals surface area contributed by atoms with Crippen molar-refractivity contribution in [1.29, 1.82) is 5.26 Å². The highest BCUT2D eigenvalue weighted by atomic mass is 32.1. The summed E-state index contributed by atoms with van der Waals surface area (Å²) in [5.41, 5.74) is 7.95. The number of rotatable bonds is 1. The van der Waals surface area contributed by atoms with E-state index in [0.29, 0.717) is 10.6 Å². The molecule has 0 amide bonds. The van der Waals surface area contributed by atoms with Gasteiger partial charge in [-0.2, -0.15) is 5.26 Å². The molecule has 2 nitrogen and oxygen atoms in total. The lowest BCUT2D eigenvalue weighted by atomic mass is 10.1. The SMILES string of the molecule is N#Cc1sc(-c2cc3c(s2)CCCCC3)cc1N. The molecule has 0 spiro atoms. The van der Waals surface area contributed by atoms with E-state index in [-0.39, 0.29) is 0 Å². The van der Waals surface area contributed by atoms with Crippen molar-refractivity contribution < 1.29 is 0 Å². The quantitative estimate of drug-likeness (QED) is 0.792. The second-order valence-corrected chi connectivity index (χ2v) is 6.82. The van der Waals surface area contributed by atoms with E-state index in [1.807, 2.05) is 17.4 Å². The minimum atomic E-state index is 0.612. The molecular weight excluding hydrogens is 260 g/mol. The van der Waals surface area contributed by atoms with Crippen molar-refractivity contribution in [2.75, 3.05) is 5.73 Å². The number of aryl methyl sites for hydroxylation is 2. The van der Waals surface area contributed by atoms with E-state index in [9.17, 15) is 0 Å². The van der Waals surface area contributed by atoms with Gasteiger partial charge in [-0.3, -0.25) is 0 Å². The van der Waals surface area contributed by atoms with Crippen LogP contribution in [0.1, 0.15) is 34.6 Å². The number of hydrogen-bond acceptors (Lipinski definition) is 4. The molecule has 0 saturated heterocycles. The lowest BCUT2D eigenvalue weighted by Crippen LogP contribution is -1.81. The summed E-state index contributed by atoms with van der Waals surface area (Å²) in [7, 11) is 0. The number of nitrogen functional groups attached to an aromatic ring is 1. The monoisotopic (exact) mass is 274 g/mol. The summed E-state index contributed by atoms with van der Waals surface area (Å²) in [6, 6.07) is 6.40. The summed E-state index contributed by atoms with van der Waals surface area (Å²) in [4.78, 5) is 4.59. The summed E-state index contributed by atoms with van der Waals surface area (Å²) < 4.78 is 0. The first-order valence-corrected chi connectivity index (χ1v) is 7.82. The average Bonchev–Trinajstić information content (AvgIpc) is 2.87. The highest BCUT2D eigenvalue weighted by molar-refractivity contribution is 7.22. The van der Waals surface area contributed by atoms with Crippen molar-refractivity contribution in [2.45, 2.75) is 32.1 Å². The smallest absolute Gasteiger partial charge is 0.128 e. The second kappa shape index (κ2) is 4.75. The Bertz CT molecular complexity index is 593. The van der Waals surface area contributed by atoms with Gasteiger partial charge in [0.25, 0.3) is 0 Å². The van der Waals surface area contributed by atoms with Crippen molar-refractivity contribution >= 4 is 28.4 Å². The van der Waals surface area contributed by atoms with Crippen molar-refractivity contribution in [3.63, 3.8) is 0 Å². The minimum absolute atomic E-state index is 0.612. The number of thiophene rings is 2. The Labute approximate surface area is 115 Å². The van der Waals surface area contributed by atoms with Gasteiger partial charge in [0.15, 0.2) is 0 Å². The van der Waals surface area contributed by atoms with Gasteiger partial charge in [-0.05, 0) is 43.4 Å². The molecule has 18 heavy (non-hydrogen) atoms. The molecule has 1 aliphatic carbocycles. The van der Waals surface area contributed by atoms with Crippen LogP contribution in [0.4, 0.5) is 5.69 Å². The molecule has 0 atom stereocenters. The first kappa shape index (κ1) is 11.8. The number of nitrogens with two attached hydrogens (primary N) is 1. The maximum Gasteiger partial charge on any atom is 0.128 e. The fourth-order valence-electron chi connectivity index (χ4n) is 2.40. The summed E-state index contributed by atoms with van der Waals surface area (Å²) in [6.07, 6.45) is 6.38. The third kappa shape index (κ3) is 2.05. The molecule has 3 rings (SSSR count). The van der Waals surface area contributed by atoms with Crippen LogP contribution in [0.15, 0.2) is 12.1 Å². The third-order valence-electron chi connectivity index (χ3n) is 3.35. The van der Waals surface area contributed by atoms with E-state index in [0.717, 1.165) is 4.88 Å².